The Hall–Kier alpha value is -0.850. The summed E-state index contributed by atoms with van der Waals surface area (Å²) in [5.74, 6) is 0. The minimum atomic E-state index is 1.21. The smallest absolute Gasteiger partial charge is 0.171 e. The highest BCUT2D eigenvalue weighted by atomic mass is 14.9. The number of unbranched alkanes of at least 4 members (excludes halogenated alkanes) is 22. The third-order valence-corrected chi connectivity index (χ3v) is 8.19. The predicted molar refractivity (Wildman–Crippen MR) is 166 cm³/mol. The summed E-state index contributed by atoms with van der Waals surface area (Å²) in [6.45, 7) is 8.14. The van der Waals surface area contributed by atoms with E-state index in [1.165, 1.54) is 180 Å². The minimum absolute atomic E-state index is 1.21. The van der Waals surface area contributed by atoms with Gasteiger partial charge in [-0.3, -0.25) is 0 Å². The van der Waals surface area contributed by atoms with Gasteiger partial charge in [0, 0.05) is 17.5 Å². The zero-order valence-corrected chi connectivity index (χ0v) is 26.0. The van der Waals surface area contributed by atoms with Crippen molar-refractivity contribution in [3.8, 4) is 0 Å². The van der Waals surface area contributed by atoms with Gasteiger partial charge in [0.1, 0.15) is 6.54 Å². The maximum absolute atomic E-state index is 2.55. The van der Waals surface area contributed by atoms with Crippen LogP contribution < -0.4 is 4.57 Å². The van der Waals surface area contributed by atoms with Crippen LogP contribution in [0.25, 0.3) is 0 Å². The molecule has 0 saturated heterocycles. The largest absolute Gasteiger partial charge is 0.205 e. The van der Waals surface area contributed by atoms with Crippen LogP contribution in [0.2, 0.25) is 0 Å². The van der Waals surface area contributed by atoms with Crippen LogP contribution >= 0.6 is 0 Å². The van der Waals surface area contributed by atoms with Crippen molar-refractivity contribution in [2.75, 3.05) is 0 Å². The highest BCUT2D eigenvalue weighted by Gasteiger charge is 2.08. The Labute approximate surface area is 234 Å². The first-order valence-electron chi connectivity index (χ1n) is 17.3. The van der Waals surface area contributed by atoms with E-state index in [2.05, 4.69) is 43.8 Å². The molecular formula is C36H68N+. The number of pyridine rings is 1. The lowest BCUT2D eigenvalue weighted by Crippen LogP contribution is -2.34. The van der Waals surface area contributed by atoms with Crippen molar-refractivity contribution in [2.24, 2.45) is 0 Å². The fourth-order valence-electron chi connectivity index (χ4n) is 5.71. The fourth-order valence-corrected chi connectivity index (χ4v) is 5.71. The van der Waals surface area contributed by atoms with Crippen LogP contribution in [0.1, 0.15) is 192 Å². The number of aromatic nitrogens is 1. The summed E-state index contributed by atoms with van der Waals surface area (Å²) in [6, 6.07) is 2.54. The first-order valence-corrected chi connectivity index (χ1v) is 17.3. The van der Waals surface area contributed by atoms with Gasteiger partial charge in [-0.05, 0) is 38.2 Å². The molecule has 0 aliphatic heterocycles. The number of hydrogen-bond donors (Lipinski definition) is 0. The molecule has 0 N–H and O–H groups in total. The van der Waals surface area contributed by atoms with Crippen molar-refractivity contribution in [1.29, 1.82) is 0 Å². The van der Waals surface area contributed by atoms with Crippen molar-refractivity contribution in [3.05, 3.63) is 29.6 Å². The number of rotatable bonds is 28. The molecule has 1 heterocycles. The van der Waals surface area contributed by atoms with Crippen LogP contribution in [0.4, 0.5) is 0 Å². The molecular weight excluding hydrogens is 446 g/mol. The van der Waals surface area contributed by atoms with E-state index < -0.39 is 0 Å². The molecule has 0 atom stereocenters. The van der Waals surface area contributed by atoms with E-state index >= 15 is 0 Å². The van der Waals surface area contributed by atoms with E-state index in [1.54, 1.807) is 11.1 Å². The van der Waals surface area contributed by atoms with Crippen molar-refractivity contribution in [3.63, 3.8) is 0 Å². The lowest BCUT2D eigenvalue weighted by Gasteiger charge is -2.07. The zero-order chi connectivity index (χ0) is 26.7. The van der Waals surface area contributed by atoms with Gasteiger partial charge in [0.15, 0.2) is 12.4 Å². The van der Waals surface area contributed by atoms with Gasteiger partial charge < -0.3 is 0 Å². The summed E-state index contributed by atoms with van der Waals surface area (Å²) in [5, 5.41) is 0. The van der Waals surface area contributed by atoms with E-state index in [4.69, 9.17) is 0 Å². The van der Waals surface area contributed by atoms with Crippen molar-refractivity contribution < 1.29 is 4.57 Å². The van der Waals surface area contributed by atoms with Gasteiger partial charge in [-0.25, -0.2) is 4.57 Å². The van der Waals surface area contributed by atoms with Crippen molar-refractivity contribution in [1.82, 2.24) is 0 Å². The molecule has 0 radical (unpaired) electrons. The molecule has 0 aliphatic rings. The second-order valence-corrected chi connectivity index (χ2v) is 12.1. The molecule has 0 bridgehead atoms. The maximum atomic E-state index is 2.55. The summed E-state index contributed by atoms with van der Waals surface area (Å²) in [7, 11) is 0. The van der Waals surface area contributed by atoms with Crippen molar-refractivity contribution in [2.45, 2.75) is 201 Å². The van der Waals surface area contributed by atoms with Crippen LogP contribution in [-0.2, 0) is 19.4 Å². The first-order chi connectivity index (χ1) is 18.3. The van der Waals surface area contributed by atoms with E-state index in [0.717, 1.165) is 0 Å². The van der Waals surface area contributed by atoms with Crippen LogP contribution in [-0.4, -0.2) is 0 Å². The molecule has 1 rings (SSSR count). The van der Waals surface area contributed by atoms with Crippen LogP contribution in [0.15, 0.2) is 18.5 Å². The van der Waals surface area contributed by atoms with Crippen LogP contribution in [0, 0.1) is 0 Å². The average Bonchev–Trinajstić information content (AvgIpc) is 2.91. The normalized spacial score (nSPS) is 11.4. The summed E-state index contributed by atoms with van der Waals surface area (Å²) in [6.07, 6.45) is 42.9. The standard InChI is InChI=1S/C36H68N/c1-4-7-10-13-16-17-18-19-20-21-22-25-28-31-37-33-35(29-26-23-14-11-8-5-2)32-36(34-37)30-27-24-15-12-9-6-3/h32-34H,4-31H2,1-3H3/q+1. The van der Waals surface area contributed by atoms with Gasteiger partial charge in [0.2, 0.25) is 0 Å². The topological polar surface area (TPSA) is 3.88 Å². The first kappa shape index (κ1) is 34.2. The number of hydrogen-bond acceptors (Lipinski definition) is 0. The van der Waals surface area contributed by atoms with Gasteiger partial charge in [0.05, 0.1) is 0 Å². The molecule has 1 aromatic heterocycles. The second kappa shape index (κ2) is 26.7. The van der Waals surface area contributed by atoms with Gasteiger partial charge >= 0.3 is 0 Å². The van der Waals surface area contributed by atoms with E-state index in [0.29, 0.717) is 0 Å². The number of nitrogens with zero attached hydrogens (tertiary/aromatic N) is 1. The van der Waals surface area contributed by atoms with E-state index in [1.807, 2.05) is 0 Å². The molecule has 216 valence electrons. The van der Waals surface area contributed by atoms with Gasteiger partial charge in [-0.2, -0.15) is 0 Å². The molecule has 0 fully saturated rings. The average molecular weight is 515 g/mol. The Morgan fingerprint density at radius 1 is 0.378 bits per heavy atom. The van der Waals surface area contributed by atoms with Gasteiger partial charge in [0.25, 0.3) is 0 Å². The Morgan fingerprint density at radius 3 is 1.03 bits per heavy atom. The van der Waals surface area contributed by atoms with Crippen molar-refractivity contribution >= 4 is 0 Å². The quantitative estimate of drug-likeness (QED) is 0.0773. The zero-order valence-electron chi connectivity index (χ0n) is 26.0. The number of aryl methyl sites for hydroxylation is 3. The lowest BCUT2D eigenvalue weighted by atomic mass is 10.0. The molecule has 1 nitrogen and oxygen atoms in total. The molecule has 0 saturated carbocycles. The van der Waals surface area contributed by atoms with E-state index in [-0.39, 0.29) is 0 Å². The Morgan fingerprint density at radius 2 is 0.676 bits per heavy atom. The molecule has 1 heteroatoms. The Bertz CT molecular complexity index is 558. The van der Waals surface area contributed by atoms with Crippen LogP contribution in [0.5, 0.6) is 0 Å². The summed E-state index contributed by atoms with van der Waals surface area (Å²) >= 11 is 0. The monoisotopic (exact) mass is 515 g/mol. The molecule has 0 unspecified atom stereocenters. The Balaban J connectivity index is 2.30. The predicted octanol–water partition coefficient (Wildman–Crippen LogP) is 11.9. The van der Waals surface area contributed by atoms with Crippen LogP contribution in [0.3, 0.4) is 0 Å². The fraction of sp³-hybridized carbons (Fsp3) is 0.861. The third-order valence-electron chi connectivity index (χ3n) is 8.19. The SMILES string of the molecule is CCCCCCCCCCCCCCC[n+]1cc(CCCCCCCC)cc(CCCCCCCC)c1. The Kier molecular flexibility index (Phi) is 24.7. The van der Waals surface area contributed by atoms with E-state index in [9.17, 15) is 0 Å². The molecule has 0 aromatic carbocycles. The van der Waals surface area contributed by atoms with Gasteiger partial charge in [-0.1, -0.05) is 156 Å². The highest BCUT2D eigenvalue weighted by Crippen LogP contribution is 2.15. The minimum Gasteiger partial charge on any atom is -0.205 e. The second-order valence-electron chi connectivity index (χ2n) is 12.1. The molecule has 0 spiro atoms. The molecule has 1 aromatic rings. The lowest BCUT2D eigenvalue weighted by molar-refractivity contribution is -0.698. The molecule has 0 amide bonds. The maximum Gasteiger partial charge on any atom is 0.171 e. The van der Waals surface area contributed by atoms with Gasteiger partial charge in [-0.15, -0.1) is 0 Å². The molecule has 37 heavy (non-hydrogen) atoms. The summed E-state index contributed by atoms with van der Waals surface area (Å²) in [4.78, 5) is 0. The summed E-state index contributed by atoms with van der Waals surface area (Å²) in [5.41, 5.74) is 3.18. The molecule has 0 aliphatic carbocycles. The third kappa shape index (κ3) is 21.7. The highest BCUT2D eigenvalue weighted by molar-refractivity contribution is 5.15. The summed E-state index contributed by atoms with van der Waals surface area (Å²) < 4.78 is 2.55.